The summed E-state index contributed by atoms with van der Waals surface area (Å²) in [5, 5.41) is 9.93. The number of hydrazone groups is 1. The normalized spacial score (nSPS) is 18.7. The van der Waals surface area contributed by atoms with Crippen LogP contribution in [0, 0.1) is 0 Å². The summed E-state index contributed by atoms with van der Waals surface area (Å²) in [6.45, 7) is 0. The molecule has 3 aromatic carbocycles. The van der Waals surface area contributed by atoms with E-state index in [-0.39, 0.29) is 24.3 Å². The van der Waals surface area contributed by atoms with E-state index in [2.05, 4.69) is 10.3 Å². The van der Waals surface area contributed by atoms with E-state index in [9.17, 15) is 9.59 Å². The second-order valence-corrected chi connectivity index (χ2v) is 10.3. The molecule has 0 aliphatic carbocycles. The van der Waals surface area contributed by atoms with Crippen molar-refractivity contribution in [3.8, 4) is 11.5 Å². The summed E-state index contributed by atoms with van der Waals surface area (Å²) < 4.78 is 10.6. The van der Waals surface area contributed by atoms with Crippen LogP contribution in [0.3, 0.4) is 0 Å². The molecule has 0 fully saturated rings. The molecule has 2 heterocycles. The van der Waals surface area contributed by atoms with Crippen molar-refractivity contribution in [2.45, 2.75) is 24.1 Å². The standard InChI is InChI=1S/C28H25ClN4O4S/c1-36-20-13-9-17(10-14-20)22-15-23(18-7-11-19(29)12-8-18)33(32-22)28-31-27(35)25(38-28)16-26(34)30-21-5-3-4-6-24(21)37-2/h3-14,23,25H,15-16H2,1-2H3,(H,30,34)/t23-,25-/m0/s1. The van der Waals surface area contributed by atoms with Crippen LogP contribution in [0.1, 0.15) is 30.0 Å². The number of nitrogens with one attached hydrogen (secondary N) is 1. The predicted molar refractivity (Wildman–Crippen MR) is 150 cm³/mol. The smallest absolute Gasteiger partial charge is 0.262 e. The fraction of sp³-hybridized carbons (Fsp3) is 0.214. The van der Waals surface area contributed by atoms with Crippen molar-refractivity contribution in [2.75, 3.05) is 19.5 Å². The Kier molecular flexibility index (Phi) is 7.67. The number of benzene rings is 3. The maximum Gasteiger partial charge on any atom is 0.262 e. The molecule has 0 spiro atoms. The molecule has 0 aromatic heterocycles. The van der Waals surface area contributed by atoms with E-state index in [1.807, 2.05) is 54.6 Å². The Hall–Kier alpha value is -3.82. The van der Waals surface area contributed by atoms with Crippen molar-refractivity contribution in [3.05, 3.63) is 88.9 Å². The second kappa shape index (κ2) is 11.3. The topological polar surface area (TPSA) is 92.6 Å². The van der Waals surface area contributed by atoms with E-state index in [1.54, 1.807) is 30.3 Å². The van der Waals surface area contributed by atoms with Gasteiger partial charge < -0.3 is 14.8 Å². The maximum atomic E-state index is 12.8. The minimum absolute atomic E-state index is 0.0248. The summed E-state index contributed by atoms with van der Waals surface area (Å²) in [4.78, 5) is 29.9. The minimum atomic E-state index is -0.647. The van der Waals surface area contributed by atoms with Gasteiger partial charge >= 0.3 is 0 Å². The van der Waals surface area contributed by atoms with E-state index in [0.29, 0.717) is 28.0 Å². The Labute approximate surface area is 229 Å². The van der Waals surface area contributed by atoms with Gasteiger partial charge in [0.1, 0.15) is 16.7 Å². The molecule has 1 N–H and O–H groups in total. The third-order valence-corrected chi connectivity index (χ3v) is 7.66. The molecule has 38 heavy (non-hydrogen) atoms. The molecule has 2 amide bonds. The van der Waals surface area contributed by atoms with Crippen LogP contribution in [0.2, 0.25) is 5.02 Å². The van der Waals surface area contributed by atoms with Gasteiger partial charge in [0, 0.05) is 17.9 Å². The number of amides is 2. The molecular weight excluding hydrogens is 524 g/mol. The summed E-state index contributed by atoms with van der Waals surface area (Å²) in [6, 6.07) is 22.2. The average Bonchev–Trinajstić information content (AvgIpc) is 3.53. The number of carbonyl (C=O) groups is 2. The van der Waals surface area contributed by atoms with Crippen LogP contribution >= 0.6 is 23.4 Å². The number of para-hydroxylation sites is 2. The molecule has 0 saturated carbocycles. The van der Waals surface area contributed by atoms with Crippen molar-refractivity contribution in [1.82, 2.24) is 5.01 Å². The number of hydrogen-bond donors (Lipinski definition) is 1. The molecule has 3 aromatic rings. The van der Waals surface area contributed by atoms with E-state index in [0.717, 1.165) is 22.6 Å². The largest absolute Gasteiger partial charge is 0.497 e. The van der Waals surface area contributed by atoms with Gasteiger partial charge in [-0.1, -0.05) is 47.6 Å². The quantitative estimate of drug-likeness (QED) is 0.417. The van der Waals surface area contributed by atoms with Crippen LogP contribution in [0.25, 0.3) is 0 Å². The Balaban J connectivity index is 1.35. The van der Waals surface area contributed by atoms with Crippen molar-refractivity contribution < 1.29 is 19.1 Å². The third kappa shape index (κ3) is 5.54. The monoisotopic (exact) mass is 548 g/mol. The molecular formula is C28H25ClN4O4S. The number of thioether (sulfide) groups is 1. The number of rotatable bonds is 7. The number of carbonyl (C=O) groups excluding carboxylic acids is 2. The van der Waals surface area contributed by atoms with Crippen LogP contribution in [0.4, 0.5) is 5.69 Å². The molecule has 5 rings (SSSR count). The average molecular weight is 549 g/mol. The van der Waals surface area contributed by atoms with Crippen LogP contribution < -0.4 is 14.8 Å². The van der Waals surface area contributed by atoms with Gasteiger partial charge in [0.15, 0.2) is 5.17 Å². The van der Waals surface area contributed by atoms with Gasteiger partial charge in [-0.15, -0.1) is 0 Å². The van der Waals surface area contributed by atoms with Gasteiger partial charge in [-0.05, 0) is 59.7 Å². The van der Waals surface area contributed by atoms with E-state index >= 15 is 0 Å². The van der Waals surface area contributed by atoms with Gasteiger partial charge in [0.05, 0.1) is 31.7 Å². The number of methoxy groups -OCH3 is 2. The molecule has 2 aliphatic rings. The highest BCUT2D eigenvalue weighted by atomic mass is 35.5. The van der Waals surface area contributed by atoms with Crippen LogP contribution in [-0.4, -0.2) is 47.2 Å². The fourth-order valence-corrected chi connectivity index (χ4v) is 5.50. The van der Waals surface area contributed by atoms with Gasteiger partial charge in [0.25, 0.3) is 5.91 Å². The van der Waals surface area contributed by atoms with Crippen molar-refractivity contribution >= 4 is 51.7 Å². The lowest BCUT2D eigenvalue weighted by Crippen LogP contribution is -2.25. The number of amidine groups is 1. The first-order valence-electron chi connectivity index (χ1n) is 11.9. The zero-order valence-electron chi connectivity index (χ0n) is 20.8. The number of ether oxygens (including phenoxy) is 2. The molecule has 2 aliphatic heterocycles. The number of halogens is 1. The molecule has 0 radical (unpaired) electrons. The Bertz CT molecular complexity index is 1410. The van der Waals surface area contributed by atoms with E-state index < -0.39 is 5.25 Å². The summed E-state index contributed by atoms with van der Waals surface area (Å²) in [5.41, 5.74) is 3.36. The molecule has 2 atom stereocenters. The van der Waals surface area contributed by atoms with Crippen molar-refractivity contribution in [1.29, 1.82) is 0 Å². The van der Waals surface area contributed by atoms with E-state index in [1.165, 1.54) is 18.9 Å². The maximum absolute atomic E-state index is 12.8. The number of nitrogens with zero attached hydrogens (tertiary/aromatic N) is 3. The zero-order valence-corrected chi connectivity index (χ0v) is 22.3. The summed E-state index contributed by atoms with van der Waals surface area (Å²) in [6.07, 6.45) is 0.587. The highest BCUT2D eigenvalue weighted by Crippen LogP contribution is 2.39. The van der Waals surface area contributed by atoms with Crippen molar-refractivity contribution in [2.24, 2.45) is 10.1 Å². The van der Waals surface area contributed by atoms with Crippen molar-refractivity contribution in [3.63, 3.8) is 0 Å². The SMILES string of the molecule is COc1ccc(C2=NN(C3=NC(=O)[C@H](CC(=O)Nc4ccccc4OC)S3)[C@H](c3ccc(Cl)cc3)C2)cc1. The Morgan fingerprint density at radius 2 is 1.79 bits per heavy atom. The Morgan fingerprint density at radius 3 is 2.50 bits per heavy atom. The lowest BCUT2D eigenvalue weighted by molar-refractivity contribution is -0.121. The van der Waals surface area contributed by atoms with Gasteiger partial charge in [-0.2, -0.15) is 10.1 Å². The van der Waals surface area contributed by atoms with Crippen LogP contribution in [0.5, 0.6) is 11.5 Å². The predicted octanol–water partition coefficient (Wildman–Crippen LogP) is 5.54. The first-order chi connectivity index (χ1) is 18.4. The van der Waals surface area contributed by atoms with Crippen LogP contribution in [0.15, 0.2) is 82.9 Å². The first kappa shape index (κ1) is 25.8. The van der Waals surface area contributed by atoms with Gasteiger partial charge in [-0.3, -0.25) is 9.59 Å². The summed E-state index contributed by atoms with van der Waals surface area (Å²) >= 11 is 7.38. The number of anilines is 1. The number of hydrogen-bond acceptors (Lipinski definition) is 7. The summed E-state index contributed by atoms with van der Waals surface area (Å²) in [7, 11) is 3.16. The molecule has 0 bridgehead atoms. The van der Waals surface area contributed by atoms with E-state index in [4.69, 9.17) is 26.2 Å². The highest BCUT2D eigenvalue weighted by Gasteiger charge is 2.39. The highest BCUT2D eigenvalue weighted by molar-refractivity contribution is 8.15. The van der Waals surface area contributed by atoms with Gasteiger partial charge in [-0.25, -0.2) is 5.01 Å². The minimum Gasteiger partial charge on any atom is -0.497 e. The van der Waals surface area contributed by atoms with Gasteiger partial charge in [0.2, 0.25) is 5.91 Å². The fourth-order valence-electron chi connectivity index (χ4n) is 4.31. The Morgan fingerprint density at radius 1 is 1.05 bits per heavy atom. The molecule has 194 valence electrons. The lowest BCUT2D eigenvalue weighted by Gasteiger charge is -2.23. The molecule has 0 saturated heterocycles. The number of aliphatic imine (C=N–C) groups is 1. The molecule has 10 heteroatoms. The third-order valence-electron chi connectivity index (χ3n) is 6.27. The molecule has 8 nitrogen and oxygen atoms in total. The first-order valence-corrected chi connectivity index (χ1v) is 13.2. The lowest BCUT2D eigenvalue weighted by atomic mass is 9.98. The molecule has 0 unspecified atom stereocenters. The second-order valence-electron chi connectivity index (χ2n) is 8.68. The summed E-state index contributed by atoms with van der Waals surface area (Å²) in [5.74, 6) is 0.651. The zero-order chi connectivity index (χ0) is 26.6. The van der Waals surface area contributed by atoms with Crippen LogP contribution in [-0.2, 0) is 9.59 Å².